The van der Waals surface area contributed by atoms with Crippen LogP contribution >= 0.6 is 0 Å². The fourth-order valence-electron chi connectivity index (χ4n) is 3.86. The van der Waals surface area contributed by atoms with Crippen LogP contribution in [0.2, 0.25) is 0 Å². The molecular weight excluding hydrogens is 327 g/mol. The van der Waals surface area contributed by atoms with Gasteiger partial charge in [0.2, 0.25) is 0 Å². The van der Waals surface area contributed by atoms with Crippen molar-refractivity contribution in [2.75, 3.05) is 7.05 Å². The average Bonchev–Trinajstić information content (AvgIpc) is 3.05. The summed E-state index contributed by atoms with van der Waals surface area (Å²) in [6, 6.07) is 9.51. The molecule has 0 aromatic heterocycles. The van der Waals surface area contributed by atoms with Crippen LogP contribution < -0.4 is 4.74 Å². The second-order valence-electron chi connectivity index (χ2n) is 6.64. The number of ether oxygens (including phenoxy) is 1. The van der Waals surface area contributed by atoms with Gasteiger partial charge in [0, 0.05) is 12.6 Å². The lowest BCUT2D eigenvalue weighted by atomic mass is 9.88. The zero-order chi connectivity index (χ0) is 17.7. The molecule has 26 heavy (non-hydrogen) atoms. The fourth-order valence-corrected chi connectivity index (χ4v) is 3.86. The predicted molar refractivity (Wildman–Crippen MR) is 100 cm³/mol. The van der Waals surface area contributed by atoms with Gasteiger partial charge < -0.3 is 9.64 Å². The van der Waals surface area contributed by atoms with Crippen LogP contribution in [0.4, 0.5) is 4.39 Å². The molecule has 2 aliphatic carbocycles. The number of rotatable bonds is 2. The smallest absolute Gasteiger partial charge is 0.160 e. The van der Waals surface area contributed by atoms with E-state index in [9.17, 15) is 4.39 Å². The summed E-state index contributed by atoms with van der Waals surface area (Å²) in [5.74, 6) is 1.19. The fraction of sp³-hybridized carbons (Fsp3) is 0.136. The summed E-state index contributed by atoms with van der Waals surface area (Å²) in [5.41, 5.74) is 3.68. The number of nitrogens with zero attached hydrogens (tertiary/aromatic N) is 2. The van der Waals surface area contributed by atoms with Crippen LogP contribution in [0.15, 0.2) is 106 Å². The average molecular weight is 344 g/mol. The van der Waals surface area contributed by atoms with Gasteiger partial charge >= 0.3 is 0 Å². The molecule has 4 heteroatoms. The SMILES string of the molecule is CN1C2=C(N=C3C=CC=CC32)C(Oc2ccccc2)=C2C=C(F)C=CC21. The van der Waals surface area contributed by atoms with E-state index in [1.165, 1.54) is 6.08 Å². The van der Waals surface area contributed by atoms with E-state index < -0.39 is 0 Å². The van der Waals surface area contributed by atoms with Gasteiger partial charge in [-0.05, 0) is 30.4 Å². The Morgan fingerprint density at radius 1 is 1.08 bits per heavy atom. The van der Waals surface area contributed by atoms with E-state index in [1.807, 2.05) is 61.7 Å². The molecule has 0 saturated heterocycles. The number of likely N-dealkylation sites (N-methyl/N-ethyl adjacent to an activating group) is 1. The first-order chi connectivity index (χ1) is 12.7. The normalized spacial score (nSPS) is 25.7. The molecule has 2 heterocycles. The third-order valence-electron chi connectivity index (χ3n) is 5.07. The molecule has 0 amide bonds. The number of para-hydroxylation sites is 1. The van der Waals surface area contributed by atoms with E-state index in [2.05, 4.69) is 11.0 Å². The summed E-state index contributed by atoms with van der Waals surface area (Å²) < 4.78 is 20.3. The monoisotopic (exact) mass is 344 g/mol. The number of benzene rings is 1. The molecule has 1 aromatic rings. The molecule has 5 rings (SSSR count). The minimum absolute atomic E-state index is 0.0687. The van der Waals surface area contributed by atoms with Crippen molar-refractivity contribution >= 4 is 5.71 Å². The first-order valence-electron chi connectivity index (χ1n) is 8.65. The van der Waals surface area contributed by atoms with Gasteiger partial charge in [0.05, 0.1) is 23.4 Å². The molecule has 2 atom stereocenters. The van der Waals surface area contributed by atoms with Crippen molar-refractivity contribution in [3.63, 3.8) is 0 Å². The first-order valence-corrected chi connectivity index (χ1v) is 8.65. The highest BCUT2D eigenvalue weighted by Gasteiger charge is 2.41. The van der Waals surface area contributed by atoms with Crippen molar-refractivity contribution in [2.24, 2.45) is 10.9 Å². The maximum Gasteiger partial charge on any atom is 0.160 e. The lowest BCUT2D eigenvalue weighted by Crippen LogP contribution is -2.39. The molecule has 0 bridgehead atoms. The Morgan fingerprint density at radius 2 is 1.92 bits per heavy atom. The lowest BCUT2D eigenvalue weighted by Gasteiger charge is -2.38. The highest BCUT2D eigenvalue weighted by molar-refractivity contribution is 6.04. The molecule has 0 spiro atoms. The van der Waals surface area contributed by atoms with Crippen LogP contribution in [-0.2, 0) is 0 Å². The zero-order valence-electron chi connectivity index (χ0n) is 14.3. The van der Waals surface area contributed by atoms with E-state index >= 15 is 0 Å². The Morgan fingerprint density at radius 3 is 2.77 bits per heavy atom. The van der Waals surface area contributed by atoms with Crippen molar-refractivity contribution in [2.45, 2.75) is 6.04 Å². The van der Waals surface area contributed by atoms with Crippen molar-refractivity contribution in [3.05, 3.63) is 101 Å². The molecule has 3 nitrogen and oxygen atoms in total. The summed E-state index contributed by atoms with van der Waals surface area (Å²) in [4.78, 5) is 7.01. The van der Waals surface area contributed by atoms with E-state index in [4.69, 9.17) is 9.73 Å². The predicted octanol–water partition coefficient (Wildman–Crippen LogP) is 4.47. The Balaban J connectivity index is 1.69. The topological polar surface area (TPSA) is 24.8 Å². The molecule has 0 fully saturated rings. The van der Waals surface area contributed by atoms with E-state index in [1.54, 1.807) is 6.08 Å². The summed E-state index contributed by atoms with van der Waals surface area (Å²) in [6.07, 6.45) is 13.2. The van der Waals surface area contributed by atoms with E-state index in [-0.39, 0.29) is 17.8 Å². The highest BCUT2D eigenvalue weighted by Crippen LogP contribution is 2.44. The van der Waals surface area contributed by atoms with Gasteiger partial charge in [-0.25, -0.2) is 9.38 Å². The quantitative estimate of drug-likeness (QED) is 0.791. The van der Waals surface area contributed by atoms with Crippen molar-refractivity contribution in [3.8, 4) is 5.75 Å². The molecule has 0 radical (unpaired) electrons. The Bertz CT molecular complexity index is 992. The largest absolute Gasteiger partial charge is 0.455 e. The van der Waals surface area contributed by atoms with E-state index in [0.717, 1.165) is 28.4 Å². The first kappa shape index (κ1) is 15.1. The molecular formula is C22H17FN2O. The molecule has 2 unspecified atom stereocenters. The number of fused-ring (bicyclic) bond motifs is 3. The van der Waals surface area contributed by atoms with Gasteiger partial charge in [-0.1, -0.05) is 42.5 Å². The molecule has 0 saturated carbocycles. The Kier molecular flexibility index (Phi) is 3.32. The minimum Gasteiger partial charge on any atom is -0.455 e. The van der Waals surface area contributed by atoms with Gasteiger partial charge in [-0.15, -0.1) is 0 Å². The number of hydrogen-bond acceptors (Lipinski definition) is 3. The van der Waals surface area contributed by atoms with Crippen molar-refractivity contribution in [1.82, 2.24) is 4.90 Å². The van der Waals surface area contributed by atoms with E-state index in [0.29, 0.717) is 5.76 Å². The molecule has 4 aliphatic rings. The summed E-state index contributed by atoms with van der Waals surface area (Å²) in [7, 11) is 2.03. The number of aliphatic imine (C=N–C) groups is 1. The molecule has 0 N–H and O–H groups in total. The minimum atomic E-state index is -0.272. The third kappa shape index (κ3) is 2.22. The summed E-state index contributed by atoms with van der Waals surface area (Å²) in [5, 5.41) is 0. The van der Waals surface area contributed by atoms with Gasteiger partial charge in [-0.2, -0.15) is 0 Å². The number of allylic oxidation sites excluding steroid dienone is 6. The van der Waals surface area contributed by atoms with Crippen LogP contribution in [0.3, 0.4) is 0 Å². The summed E-state index contributed by atoms with van der Waals surface area (Å²) >= 11 is 0. The maximum absolute atomic E-state index is 14.0. The van der Waals surface area contributed by atoms with Gasteiger partial charge in [0.25, 0.3) is 0 Å². The highest BCUT2D eigenvalue weighted by atomic mass is 19.1. The molecule has 1 aromatic carbocycles. The van der Waals surface area contributed by atoms with Crippen LogP contribution in [-0.4, -0.2) is 23.7 Å². The van der Waals surface area contributed by atoms with Crippen LogP contribution in [0, 0.1) is 5.92 Å². The van der Waals surface area contributed by atoms with Gasteiger partial charge in [0.1, 0.15) is 17.3 Å². The molecule has 2 aliphatic heterocycles. The Labute approximate surface area is 151 Å². The van der Waals surface area contributed by atoms with Crippen LogP contribution in [0.25, 0.3) is 0 Å². The second kappa shape index (κ2) is 5.70. The lowest BCUT2D eigenvalue weighted by molar-refractivity contribution is 0.328. The van der Waals surface area contributed by atoms with Crippen molar-refractivity contribution < 1.29 is 9.13 Å². The third-order valence-corrected chi connectivity index (χ3v) is 5.07. The molecule has 128 valence electrons. The summed E-state index contributed by atoms with van der Waals surface area (Å²) in [6.45, 7) is 0. The van der Waals surface area contributed by atoms with Crippen LogP contribution in [0.1, 0.15) is 0 Å². The number of hydrogen-bond donors (Lipinski definition) is 0. The van der Waals surface area contributed by atoms with Gasteiger partial charge in [-0.3, -0.25) is 0 Å². The second-order valence-corrected chi connectivity index (χ2v) is 6.64. The van der Waals surface area contributed by atoms with Crippen molar-refractivity contribution in [1.29, 1.82) is 0 Å². The van der Waals surface area contributed by atoms with Gasteiger partial charge in [0.15, 0.2) is 5.76 Å². The number of halogens is 1. The Hall–Kier alpha value is -3.14. The maximum atomic E-state index is 14.0. The zero-order valence-corrected chi connectivity index (χ0v) is 14.3. The standard InChI is InChI=1S/C22H17FN2O/c1-25-19-12-11-14(23)13-17(19)22(26-15-7-3-2-4-8-15)20-21(25)16-9-5-6-10-18(16)24-20/h2-13,16,19H,1H3. The van der Waals surface area contributed by atoms with Crippen LogP contribution in [0.5, 0.6) is 5.75 Å².